The summed E-state index contributed by atoms with van der Waals surface area (Å²) in [5, 5.41) is 4.95. The molecule has 2 aromatic rings. The van der Waals surface area contributed by atoms with Gasteiger partial charge < -0.3 is 0 Å². The smallest absolute Gasteiger partial charge is 0.0832 e. The molecule has 0 aliphatic heterocycles. The Morgan fingerprint density at radius 3 is 2.80 bits per heavy atom. The van der Waals surface area contributed by atoms with Crippen molar-refractivity contribution in [2.45, 2.75) is 13.5 Å². The van der Waals surface area contributed by atoms with Crippen molar-refractivity contribution in [2.24, 2.45) is 0 Å². The monoisotopic (exact) mass is 285 g/mol. The van der Waals surface area contributed by atoms with Gasteiger partial charge in [0.2, 0.25) is 0 Å². The standard InChI is InChI=1S/C10H9BrClN3/c1-7-10(12)6-15(14-7)5-9-3-2-8(11)4-13-9/h2-4,6H,5H2,1H3. The molecule has 0 atom stereocenters. The maximum Gasteiger partial charge on any atom is 0.0832 e. The van der Waals surface area contributed by atoms with E-state index >= 15 is 0 Å². The van der Waals surface area contributed by atoms with E-state index in [4.69, 9.17) is 11.6 Å². The molecule has 0 radical (unpaired) electrons. The van der Waals surface area contributed by atoms with Crippen molar-refractivity contribution < 1.29 is 0 Å². The van der Waals surface area contributed by atoms with Gasteiger partial charge in [-0.25, -0.2) is 0 Å². The molecular formula is C10H9BrClN3. The molecule has 0 saturated heterocycles. The molecule has 0 saturated carbocycles. The van der Waals surface area contributed by atoms with Crippen LogP contribution < -0.4 is 0 Å². The normalized spacial score (nSPS) is 10.6. The molecule has 0 N–H and O–H groups in total. The van der Waals surface area contributed by atoms with Crippen LogP contribution in [0.5, 0.6) is 0 Å². The second-order valence-electron chi connectivity index (χ2n) is 3.23. The molecule has 5 heteroatoms. The Hall–Kier alpha value is -0.870. The van der Waals surface area contributed by atoms with Gasteiger partial charge in [-0.05, 0) is 35.0 Å². The summed E-state index contributed by atoms with van der Waals surface area (Å²) < 4.78 is 2.76. The minimum Gasteiger partial charge on any atom is -0.265 e. The number of aryl methyl sites for hydroxylation is 1. The zero-order chi connectivity index (χ0) is 10.8. The lowest BCUT2D eigenvalue weighted by atomic mass is 10.3. The molecule has 2 heterocycles. The van der Waals surface area contributed by atoms with Crippen molar-refractivity contribution >= 4 is 27.5 Å². The summed E-state index contributed by atoms with van der Waals surface area (Å²) in [7, 11) is 0. The van der Waals surface area contributed by atoms with Crippen LogP contribution in [-0.2, 0) is 6.54 Å². The zero-order valence-electron chi connectivity index (χ0n) is 8.11. The van der Waals surface area contributed by atoms with Crippen molar-refractivity contribution in [3.05, 3.63) is 45.4 Å². The number of rotatable bonds is 2. The van der Waals surface area contributed by atoms with E-state index in [-0.39, 0.29) is 0 Å². The van der Waals surface area contributed by atoms with Crippen LogP contribution in [0, 0.1) is 6.92 Å². The zero-order valence-corrected chi connectivity index (χ0v) is 10.5. The minimum absolute atomic E-state index is 0.640. The minimum atomic E-state index is 0.640. The molecule has 0 aromatic carbocycles. The molecule has 0 amide bonds. The third kappa shape index (κ3) is 2.58. The lowest BCUT2D eigenvalue weighted by Gasteiger charge is -2.00. The molecule has 0 bridgehead atoms. The fourth-order valence-corrected chi connectivity index (χ4v) is 1.63. The van der Waals surface area contributed by atoms with Crippen molar-refractivity contribution in [2.75, 3.05) is 0 Å². The lowest BCUT2D eigenvalue weighted by molar-refractivity contribution is 0.666. The summed E-state index contributed by atoms with van der Waals surface area (Å²) in [4.78, 5) is 4.26. The van der Waals surface area contributed by atoms with Gasteiger partial charge >= 0.3 is 0 Å². The highest BCUT2D eigenvalue weighted by Crippen LogP contribution is 2.13. The molecule has 2 rings (SSSR count). The Morgan fingerprint density at radius 2 is 2.27 bits per heavy atom. The van der Waals surface area contributed by atoms with E-state index < -0.39 is 0 Å². The highest BCUT2D eigenvalue weighted by Gasteiger charge is 2.02. The van der Waals surface area contributed by atoms with Crippen LogP contribution in [0.3, 0.4) is 0 Å². The Balaban J connectivity index is 2.18. The van der Waals surface area contributed by atoms with E-state index in [2.05, 4.69) is 26.0 Å². The van der Waals surface area contributed by atoms with E-state index in [1.165, 1.54) is 0 Å². The van der Waals surface area contributed by atoms with E-state index in [1.807, 2.05) is 19.1 Å². The first-order valence-corrected chi connectivity index (χ1v) is 5.62. The average Bonchev–Trinajstić information content (AvgIpc) is 2.50. The van der Waals surface area contributed by atoms with Gasteiger partial charge in [-0.15, -0.1) is 0 Å². The first-order valence-electron chi connectivity index (χ1n) is 4.45. The van der Waals surface area contributed by atoms with Gasteiger partial charge in [0.25, 0.3) is 0 Å². The molecule has 0 fully saturated rings. The van der Waals surface area contributed by atoms with Crippen LogP contribution in [0.2, 0.25) is 5.02 Å². The molecule has 15 heavy (non-hydrogen) atoms. The SMILES string of the molecule is Cc1nn(Cc2ccc(Br)cn2)cc1Cl. The molecule has 2 aromatic heterocycles. The summed E-state index contributed by atoms with van der Waals surface area (Å²) in [6.07, 6.45) is 3.58. The van der Waals surface area contributed by atoms with Crippen LogP contribution in [0.15, 0.2) is 29.0 Å². The predicted octanol–water partition coefficient (Wildman–Crippen LogP) is 3.05. The number of pyridine rings is 1. The van der Waals surface area contributed by atoms with Crippen LogP contribution >= 0.6 is 27.5 Å². The molecular weight excluding hydrogens is 277 g/mol. The molecule has 3 nitrogen and oxygen atoms in total. The lowest BCUT2D eigenvalue weighted by Crippen LogP contribution is -2.02. The number of hydrogen-bond acceptors (Lipinski definition) is 2. The van der Waals surface area contributed by atoms with E-state index in [0.717, 1.165) is 15.9 Å². The van der Waals surface area contributed by atoms with Crippen LogP contribution in [0.1, 0.15) is 11.4 Å². The van der Waals surface area contributed by atoms with Gasteiger partial charge in [0.1, 0.15) is 0 Å². The van der Waals surface area contributed by atoms with E-state index in [0.29, 0.717) is 11.6 Å². The summed E-state index contributed by atoms with van der Waals surface area (Å²) in [5.74, 6) is 0. The quantitative estimate of drug-likeness (QED) is 0.849. The fourth-order valence-electron chi connectivity index (χ4n) is 1.24. The fraction of sp³-hybridized carbons (Fsp3) is 0.200. The highest BCUT2D eigenvalue weighted by atomic mass is 79.9. The summed E-state index contributed by atoms with van der Waals surface area (Å²) in [6, 6.07) is 3.91. The van der Waals surface area contributed by atoms with Gasteiger partial charge in [0.15, 0.2) is 0 Å². The molecule has 0 unspecified atom stereocenters. The Morgan fingerprint density at radius 1 is 1.47 bits per heavy atom. The van der Waals surface area contributed by atoms with Crippen LogP contribution in [0.4, 0.5) is 0 Å². The number of aromatic nitrogens is 3. The number of nitrogens with zero attached hydrogens (tertiary/aromatic N) is 3. The summed E-state index contributed by atoms with van der Waals surface area (Å²) >= 11 is 9.25. The van der Waals surface area contributed by atoms with Gasteiger partial charge in [0, 0.05) is 16.9 Å². The topological polar surface area (TPSA) is 30.7 Å². The van der Waals surface area contributed by atoms with E-state index in [1.54, 1.807) is 17.1 Å². The second kappa shape index (κ2) is 4.33. The maximum atomic E-state index is 5.91. The Bertz CT molecular complexity index is 445. The molecule has 0 aliphatic rings. The first kappa shape index (κ1) is 10.6. The van der Waals surface area contributed by atoms with Gasteiger partial charge in [0.05, 0.1) is 23.0 Å². The largest absolute Gasteiger partial charge is 0.265 e. The predicted molar refractivity (Wildman–Crippen MR) is 63.0 cm³/mol. The maximum absolute atomic E-state index is 5.91. The molecule has 0 spiro atoms. The van der Waals surface area contributed by atoms with E-state index in [9.17, 15) is 0 Å². The van der Waals surface area contributed by atoms with Crippen LogP contribution in [-0.4, -0.2) is 14.8 Å². The molecule has 78 valence electrons. The Labute approximate surface area is 101 Å². The van der Waals surface area contributed by atoms with Gasteiger partial charge in [-0.2, -0.15) is 5.10 Å². The Kier molecular flexibility index (Phi) is 3.07. The van der Waals surface area contributed by atoms with Crippen molar-refractivity contribution in [1.29, 1.82) is 0 Å². The van der Waals surface area contributed by atoms with Gasteiger partial charge in [-0.3, -0.25) is 9.67 Å². The van der Waals surface area contributed by atoms with Gasteiger partial charge in [-0.1, -0.05) is 11.6 Å². The molecule has 0 aliphatic carbocycles. The van der Waals surface area contributed by atoms with Crippen molar-refractivity contribution in [1.82, 2.24) is 14.8 Å². The average molecular weight is 287 g/mol. The third-order valence-corrected chi connectivity index (χ3v) is 2.84. The number of halogens is 2. The van der Waals surface area contributed by atoms with Crippen molar-refractivity contribution in [3.8, 4) is 0 Å². The van der Waals surface area contributed by atoms with Crippen LogP contribution in [0.25, 0.3) is 0 Å². The summed E-state index contributed by atoms with van der Waals surface area (Å²) in [5.41, 5.74) is 1.80. The highest BCUT2D eigenvalue weighted by molar-refractivity contribution is 9.10. The number of hydrogen-bond donors (Lipinski definition) is 0. The van der Waals surface area contributed by atoms with Crippen molar-refractivity contribution in [3.63, 3.8) is 0 Å². The second-order valence-corrected chi connectivity index (χ2v) is 4.55. The third-order valence-electron chi connectivity index (χ3n) is 2.00. The first-order chi connectivity index (χ1) is 7.15. The summed E-state index contributed by atoms with van der Waals surface area (Å²) in [6.45, 7) is 2.52.